The molecule has 0 aromatic carbocycles. The van der Waals surface area contributed by atoms with E-state index >= 15 is 0 Å². The van der Waals surface area contributed by atoms with E-state index in [1.807, 2.05) is 24.1 Å². The van der Waals surface area contributed by atoms with Gasteiger partial charge in [-0.15, -0.1) is 0 Å². The second-order valence-corrected chi connectivity index (χ2v) is 5.39. The van der Waals surface area contributed by atoms with Crippen LogP contribution >= 0.6 is 0 Å². The lowest BCUT2D eigenvalue weighted by molar-refractivity contribution is -0.123. The van der Waals surface area contributed by atoms with E-state index in [4.69, 9.17) is 4.42 Å². The SMILES string of the molecule is CN(CC(=O)NC(C)(C#N)C1CC1)Cc1ccco1. The van der Waals surface area contributed by atoms with Crippen LogP contribution in [0.3, 0.4) is 0 Å². The van der Waals surface area contributed by atoms with Gasteiger partial charge in [0.1, 0.15) is 11.3 Å². The van der Waals surface area contributed by atoms with Crippen LogP contribution in [-0.2, 0) is 11.3 Å². The molecule has 5 heteroatoms. The molecule has 1 aliphatic carbocycles. The van der Waals surface area contributed by atoms with Crippen molar-refractivity contribution in [2.24, 2.45) is 5.92 Å². The fourth-order valence-electron chi connectivity index (χ4n) is 2.18. The van der Waals surface area contributed by atoms with Crippen LogP contribution in [0.2, 0.25) is 0 Å². The van der Waals surface area contributed by atoms with Crippen LogP contribution in [0.1, 0.15) is 25.5 Å². The number of nitrogens with one attached hydrogen (secondary N) is 1. The smallest absolute Gasteiger partial charge is 0.235 e. The molecule has 0 bridgehead atoms. The molecule has 0 spiro atoms. The van der Waals surface area contributed by atoms with E-state index in [2.05, 4.69) is 11.4 Å². The number of furan rings is 1. The van der Waals surface area contributed by atoms with Crippen LogP contribution in [0.15, 0.2) is 22.8 Å². The average molecular weight is 261 g/mol. The zero-order valence-electron chi connectivity index (χ0n) is 11.3. The number of amides is 1. The highest BCUT2D eigenvalue weighted by Gasteiger charge is 2.42. The second kappa shape index (κ2) is 5.45. The fraction of sp³-hybridized carbons (Fsp3) is 0.571. The lowest BCUT2D eigenvalue weighted by Crippen LogP contribution is -2.49. The number of carbonyl (C=O) groups excluding carboxylic acids is 1. The maximum absolute atomic E-state index is 12.0. The van der Waals surface area contributed by atoms with Gasteiger partial charge in [-0.2, -0.15) is 5.26 Å². The van der Waals surface area contributed by atoms with Crippen molar-refractivity contribution < 1.29 is 9.21 Å². The van der Waals surface area contributed by atoms with E-state index in [1.54, 1.807) is 13.2 Å². The molecular weight excluding hydrogens is 242 g/mol. The summed E-state index contributed by atoms with van der Waals surface area (Å²) in [5.74, 6) is 1.00. The van der Waals surface area contributed by atoms with Gasteiger partial charge in [0.15, 0.2) is 0 Å². The number of rotatable bonds is 6. The van der Waals surface area contributed by atoms with Crippen molar-refractivity contribution >= 4 is 5.91 Å². The molecule has 1 aromatic heterocycles. The molecule has 1 heterocycles. The van der Waals surface area contributed by atoms with Crippen LogP contribution in [0, 0.1) is 17.2 Å². The molecule has 0 aliphatic heterocycles. The zero-order valence-corrected chi connectivity index (χ0v) is 11.3. The Morgan fingerprint density at radius 2 is 2.42 bits per heavy atom. The molecule has 19 heavy (non-hydrogen) atoms. The Bertz CT molecular complexity index is 473. The molecule has 0 saturated heterocycles. The van der Waals surface area contributed by atoms with Gasteiger partial charge in [0, 0.05) is 0 Å². The maximum Gasteiger partial charge on any atom is 0.235 e. The highest BCUT2D eigenvalue weighted by atomic mass is 16.3. The lowest BCUT2D eigenvalue weighted by atomic mass is 9.98. The first-order chi connectivity index (χ1) is 9.03. The molecule has 1 amide bonds. The van der Waals surface area contributed by atoms with E-state index in [1.165, 1.54) is 0 Å². The van der Waals surface area contributed by atoms with Crippen LogP contribution in [0.25, 0.3) is 0 Å². The third kappa shape index (κ3) is 3.58. The van der Waals surface area contributed by atoms with E-state index in [0.29, 0.717) is 12.5 Å². The van der Waals surface area contributed by atoms with Gasteiger partial charge >= 0.3 is 0 Å². The van der Waals surface area contributed by atoms with Crippen molar-refractivity contribution in [3.63, 3.8) is 0 Å². The van der Waals surface area contributed by atoms with Gasteiger partial charge in [0.05, 0.1) is 25.4 Å². The first kappa shape index (κ1) is 13.6. The molecule has 1 fully saturated rings. The molecule has 1 saturated carbocycles. The molecule has 1 unspecified atom stereocenters. The first-order valence-corrected chi connectivity index (χ1v) is 6.46. The maximum atomic E-state index is 12.0. The van der Waals surface area contributed by atoms with Gasteiger partial charge in [0.25, 0.3) is 0 Å². The van der Waals surface area contributed by atoms with Crippen LogP contribution in [0.5, 0.6) is 0 Å². The van der Waals surface area contributed by atoms with E-state index in [-0.39, 0.29) is 12.5 Å². The molecule has 1 atom stereocenters. The van der Waals surface area contributed by atoms with Crippen molar-refractivity contribution in [1.29, 1.82) is 5.26 Å². The normalized spacial score (nSPS) is 17.8. The van der Waals surface area contributed by atoms with Crippen molar-refractivity contribution in [2.45, 2.75) is 31.8 Å². The molecule has 1 aliphatic rings. The summed E-state index contributed by atoms with van der Waals surface area (Å²) in [7, 11) is 1.85. The van der Waals surface area contributed by atoms with Gasteiger partial charge in [-0.25, -0.2) is 0 Å². The zero-order chi connectivity index (χ0) is 13.9. The number of likely N-dealkylation sites (N-methyl/N-ethyl adjacent to an activating group) is 1. The summed E-state index contributed by atoms with van der Waals surface area (Å²) >= 11 is 0. The summed E-state index contributed by atoms with van der Waals surface area (Å²) in [6.45, 7) is 2.63. The predicted octanol–water partition coefficient (Wildman–Crippen LogP) is 1.52. The first-order valence-electron chi connectivity index (χ1n) is 6.46. The topological polar surface area (TPSA) is 69.3 Å². The summed E-state index contributed by atoms with van der Waals surface area (Å²) < 4.78 is 5.23. The Morgan fingerprint density at radius 3 is 2.95 bits per heavy atom. The summed E-state index contributed by atoms with van der Waals surface area (Å²) in [6, 6.07) is 5.92. The van der Waals surface area contributed by atoms with Gasteiger partial charge in [0.2, 0.25) is 5.91 Å². The van der Waals surface area contributed by atoms with Gasteiger partial charge in [-0.1, -0.05) is 0 Å². The summed E-state index contributed by atoms with van der Waals surface area (Å²) in [5.41, 5.74) is -0.720. The largest absolute Gasteiger partial charge is 0.468 e. The lowest BCUT2D eigenvalue weighted by Gasteiger charge is -2.24. The summed E-state index contributed by atoms with van der Waals surface area (Å²) in [4.78, 5) is 13.8. The number of hydrogen-bond donors (Lipinski definition) is 1. The van der Waals surface area contributed by atoms with E-state index < -0.39 is 5.54 Å². The molecule has 0 radical (unpaired) electrons. The minimum absolute atomic E-state index is 0.120. The molecular formula is C14H19N3O2. The fourth-order valence-corrected chi connectivity index (χ4v) is 2.18. The highest BCUT2D eigenvalue weighted by molar-refractivity contribution is 5.79. The van der Waals surface area contributed by atoms with Crippen LogP contribution < -0.4 is 5.32 Å². The molecule has 1 aromatic rings. The van der Waals surface area contributed by atoms with Gasteiger partial charge in [-0.05, 0) is 44.9 Å². The number of carbonyl (C=O) groups is 1. The van der Waals surface area contributed by atoms with Crippen molar-refractivity contribution in [3.8, 4) is 6.07 Å². The van der Waals surface area contributed by atoms with Gasteiger partial charge < -0.3 is 9.73 Å². The average Bonchev–Trinajstić information content (AvgIpc) is 3.10. The number of nitriles is 1. The van der Waals surface area contributed by atoms with Crippen LogP contribution in [-0.4, -0.2) is 29.9 Å². The van der Waals surface area contributed by atoms with Crippen molar-refractivity contribution in [3.05, 3.63) is 24.2 Å². The standard InChI is InChI=1S/C14H19N3O2/c1-14(10-15,11-5-6-11)16-13(18)9-17(2)8-12-4-3-7-19-12/h3-4,7,11H,5-6,8-9H2,1-2H3,(H,16,18). The summed E-state index contributed by atoms with van der Waals surface area (Å²) in [5, 5.41) is 12.0. The third-order valence-corrected chi connectivity index (χ3v) is 3.44. The molecule has 1 N–H and O–H groups in total. The van der Waals surface area contributed by atoms with Gasteiger partial charge in [-0.3, -0.25) is 9.69 Å². The van der Waals surface area contributed by atoms with Crippen molar-refractivity contribution in [2.75, 3.05) is 13.6 Å². The van der Waals surface area contributed by atoms with Crippen LogP contribution in [0.4, 0.5) is 0 Å². The minimum atomic E-state index is -0.720. The van der Waals surface area contributed by atoms with Crippen molar-refractivity contribution in [1.82, 2.24) is 10.2 Å². The van der Waals surface area contributed by atoms with E-state index in [9.17, 15) is 10.1 Å². The monoisotopic (exact) mass is 261 g/mol. The molecule has 2 rings (SSSR count). The Hall–Kier alpha value is -1.80. The highest BCUT2D eigenvalue weighted by Crippen LogP contribution is 2.39. The van der Waals surface area contributed by atoms with E-state index in [0.717, 1.165) is 18.6 Å². The Balaban J connectivity index is 1.82. The Morgan fingerprint density at radius 1 is 1.68 bits per heavy atom. The molecule has 102 valence electrons. The predicted molar refractivity (Wildman–Crippen MR) is 69.9 cm³/mol. The number of nitrogens with zero attached hydrogens (tertiary/aromatic N) is 2. The quantitative estimate of drug-likeness (QED) is 0.843. The Kier molecular flexibility index (Phi) is 3.91. The second-order valence-electron chi connectivity index (χ2n) is 5.39. The minimum Gasteiger partial charge on any atom is -0.468 e. The molecule has 5 nitrogen and oxygen atoms in total. The Labute approximate surface area is 113 Å². The summed E-state index contributed by atoms with van der Waals surface area (Å²) in [6.07, 6.45) is 3.65. The third-order valence-electron chi connectivity index (χ3n) is 3.44. The number of hydrogen-bond acceptors (Lipinski definition) is 4.